The first-order chi connectivity index (χ1) is 15.8. The Kier molecular flexibility index (Phi) is 5.26. The van der Waals surface area contributed by atoms with Gasteiger partial charge in [-0.15, -0.1) is 0 Å². The Labute approximate surface area is 188 Å². The maximum absolute atomic E-state index is 13.5. The van der Waals surface area contributed by atoms with Crippen LogP contribution < -0.4 is 4.74 Å². The van der Waals surface area contributed by atoms with Crippen molar-refractivity contribution in [3.05, 3.63) is 71.8 Å². The summed E-state index contributed by atoms with van der Waals surface area (Å²) in [4.78, 5) is 27.9. The standard InChI is InChI=1S/C24H21F3N4O2/c1-14-4-2-8-28-21(14)17-5-3-9-29-22(17)23(32)31-13-15-10-18(31)19(11-15)33-20-7-6-16(12-30-20)24(25,26)27/h2-9,12,15,18-19H,10-11,13H2,1H3. The SMILES string of the molecule is Cc1cccnc1-c1cccnc1C(=O)N1CC2CC(Oc3ccc(C(F)(F)F)cn3)C1C2. The maximum Gasteiger partial charge on any atom is 0.417 e. The van der Waals surface area contributed by atoms with E-state index in [-0.39, 0.29) is 29.9 Å². The molecule has 2 aliphatic rings. The lowest BCUT2D eigenvalue weighted by molar-refractivity contribution is -0.137. The summed E-state index contributed by atoms with van der Waals surface area (Å²) in [5.41, 5.74) is 1.83. The second kappa shape index (κ2) is 8.13. The van der Waals surface area contributed by atoms with Crippen LogP contribution in [0.1, 0.15) is 34.5 Å². The fourth-order valence-electron chi connectivity index (χ4n) is 4.77. The third-order valence-corrected chi connectivity index (χ3v) is 6.30. The van der Waals surface area contributed by atoms with E-state index in [9.17, 15) is 18.0 Å². The Morgan fingerprint density at radius 1 is 1.06 bits per heavy atom. The number of nitrogens with zero attached hydrogens (tertiary/aromatic N) is 4. The lowest BCUT2D eigenvalue weighted by Gasteiger charge is -2.33. The Morgan fingerprint density at radius 2 is 1.85 bits per heavy atom. The molecular formula is C24H21F3N4O2. The Hall–Kier alpha value is -3.49. The van der Waals surface area contributed by atoms with Gasteiger partial charge >= 0.3 is 6.18 Å². The summed E-state index contributed by atoms with van der Waals surface area (Å²) in [6, 6.07) is 9.37. The van der Waals surface area contributed by atoms with Crippen molar-refractivity contribution in [1.82, 2.24) is 19.9 Å². The summed E-state index contributed by atoms with van der Waals surface area (Å²) >= 11 is 0. The number of likely N-dealkylation sites (tertiary alicyclic amines) is 1. The van der Waals surface area contributed by atoms with E-state index in [2.05, 4.69) is 15.0 Å². The molecule has 9 heteroatoms. The molecule has 3 aromatic rings. The highest BCUT2D eigenvalue weighted by molar-refractivity contribution is 5.99. The average Bonchev–Trinajstić information content (AvgIpc) is 3.39. The van der Waals surface area contributed by atoms with Crippen LogP contribution >= 0.6 is 0 Å². The van der Waals surface area contributed by atoms with Crippen molar-refractivity contribution in [2.45, 2.75) is 38.1 Å². The molecule has 3 atom stereocenters. The molecule has 1 saturated carbocycles. The van der Waals surface area contributed by atoms with E-state index in [4.69, 9.17) is 4.74 Å². The van der Waals surface area contributed by atoms with Crippen LogP contribution in [0.25, 0.3) is 11.3 Å². The smallest absolute Gasteiger partial charge is 0.417 e. The topological polar surface area (TPSA) is 68.2 Å². The predicted molar refractivity (Wildman–Crippen MR) is 113 cm³/mol. The first-order valence-electron chi connectivity index (χ1n) is 10.7. The number of rotatable bonds is 4. The van der Waals surface area contributed by atoms with Gasteiger partial charge in [-0.3, -0.25) is 14.8 Å². The van der Waals surface area contributed by atoms with Crippen molar-refractivity contribution in [3.63, 3.8) is 0 Å². The van der Waals surface area contributed by atoms with Crippen LogP contribution in [0.5, 0.6) is 5.88 Å². The monoisotopic (exact) mass is 454 g/mol. The van der Waals surface area contributed by atoms with Crippen molar-refractivity contribution in [1.29, 1.82) is 0 Å². The molecule has 33 heavy (non-hydrogen) atoms. The van der Waals surface area contributed by atoms with Crippen molar-refractivity contribution >= 4 is 5.91 Å². The van der Waals surface area contributed by atoms with Crippen LogP contribution in [-0.4, -0.2) is 44.4 Å². The third-order valence-electron chi connectivity index (χ3n) is 6.30. The molecule has 4 heterocycles. The molecule has 3 aromatic heterocycles. The summed E-state index contributed by atoms with van der Waals surface area (Å²) < 4.78 is 44.3. The molecule has 2 bridgehead atoms. The van der Waals surface area contributed by atoms with Crippen LogP contribution in [0.15, 0.2) is 55.0 Å². The zero-order valence-corrected chi connectivity index (χ0v) is 17.8. The number of piperidine rings is 1. The van der Waals surface area contributed by atoms with Crippen molar-refractivity contribution in [2.24, 2.45) is 5.92 Å². The number of aromatic nitrogens is 3. The number of hydrogen-bond acceptors (Lipinski definition) is 5. The number of hydrogen-bond donors (Lipinski definition) is 0. The van der Waals surface area contributed by atoms with Crippen molar-refractivity contribution in [3.8, 4) is 17.1 Å². The largest absolute Gasteiger partial charge is 0.472 e. The molecule has 5 rings (SSSR count). The number of carbonyl (C=O) groups excluding carboxylic acids is 1. The minimum absolute atomic E-state index is 0.121. The zero-order chi connectivity index (χ0) is 23.2. The van der Waals surface area contributed by atoms with Gasteiger partial charge in [0, 0.05) is 36.8 Å². The minimum atomic E-state index is -4.45. The molecule has 0 spiro atoms. The van der Waals surface area contributed by atoms with Crippen LogP contribution in [-0.2, 0) is 6.18 Å². The number of amides is 1. The lowest BCUT2D eigenvalue weighted by atomic mass is 10.0. The Balaban J connectivity index is 1.37. The van der Waals surface area contributed by atoms with Crippen LogP contribution in [0.2, 0.25) is 0 Å². The van der Waals surface area contributed by atoms with Gasteiger partial charge < -0.3 is 9.64 Å². The van der Waals surface area contributed by atoms with Crippen LogP contribution in [0.3, 0.4) is 0 Å². The van der Waals surface area contributed by atoms with Gasteiger partial charge in [0.25, 0.3) is 5.91 Å². The lowest BCUT2D eigenvalue weighted by Crippen LogP contribution is -2.47. The van der Waals surface area contributed by atoms with E-state index in [1.54, 1.807) is 23.4 Å². The first kappa shape index (κ1) is 21.4. The first-order valence-corrected chi connectivity index (χ1v) is 10.7. The molecule has 6 nitrogen and oxygen atoms in total. The van der Waals surface area contributed by atoms with E-state index >= 15 is 0 Å². The highest BCUT2D eigenvalue weighted by Gasteiger charge is 2.49. The number of pyridine rings is 3. The van der Waals surface area contributed by atoms with Gasteiger partial charge in [0.05, 0.1) is 17.3 Å². The number of carbonyl (C=O) groups is 1. The van der Waals surface area contributed by atoms with Gasteiger partial charge in [-0.25, -0.2) is 4.98 Å². The van der Waals surface area contributed by atoms with E-state index in [1.165, 1.54) is 6.07 Å². The fraction of sp³-hybridized carbons (Fsp3) is 0.333. The van der Waals surface area contributed by atoms with Gasteiger partial charge in [-0.2, -0.15) is 13.2 Å². The molecule has 2 fully saturated rings. The van der Waals surface area contributed by atoms with E-state index in [1.807, 2.05) is 25.1 Å². The molecule has 0 radical (unpaired) electrons. The molecule has 1 saturated heterocycles. The predicted octanol–water partition coefficient (Wildman–Crippen LogP) is 4.55. The van der Waals surface area contributed by atoms with Gasteiger partial charge in [0.15, 0.2) is 0 Å². The molecule has 3 unspecified atom stereocenters. The summed E-state index contributed by atoms with van der Waals surface area (Å²) in [6.45, 7) is 2.53. The zero-order valence-electron chi connectivity index (χ0n) is 17.8. The molecule has 0 aromatic carbocycles. The maximum atomic E-state index is 13.5. The average molecular weight is 454 g/mol. The van der Waals surface area contributed by atoms with Crippen molar-refractivity contribution < 1.29 is 22.7 Å². The van der Waals surface area contributed by atoms with Gasteiger partial charge in [-0.1, -0.05) is 6.07 Å². The summed E-state index contributed by atoms with van der Waals surface area (Å²) in [5.74, 6) is 0.189. The van der Waals surface area contributed by atoms with E-state index < -0.39 is 11.7 Å². The third kappa shape index (κ3) is 4.03. The van der Waals surface area contributed by atoms with Gasteiger partial charge in [0.2, 0.25) is 5.88 Å². The number of aryl methyl sites for hydroxylation is 1. The molecular weight excluding hydrogens is 433 g/mol. The Bertz CT molecular complexity index is 1180. The normalized spacial score (nSPS) is 21.9. The molecule has 0 N–H and O–H groups in total. The second-order valence-corrected chi connectivity index (χ2v) is 8.47. The highest BCUT2D eigenvalue weighted by atomic mass is 19.4. The summed E-state index contributed by atoms with van der Waals surface area (Å²) in [7, 11) is 0. The number of alkyl halides is 3. The quantitative estimate of drug-likeness (QED) is 0.579. The summed E-state index contributed by atoms with van der Waals surface area (Å²) in [5, 5.41) is 0. The van der Waals surface area contributed by atoms with E-state index in [0.29, 0.717) is 23.5 Å². The molecule has 1 amide bonds. The highest BCUT2D eigenvalue weighted by Crippen LogP contribution is 2.41. The van der Waals surface area contributed by atoms with E-state index in [0.717, 1.165) is 30.7 Å². The van der Waals surface area contributed by atoms with Gasteiger partial charge in [0.1, 0.15) is 11.8 Å². The second-order valence-electron chi connectivity index (χ2n) is 8.47. The fourth-order valence-corrected chi connectivity index (χ4v) is 4.77. The van der Waals surface area contributed by atoms with Crippen LogP contribution in [0.4, 0.5) is 13.2 Å². The number of fused-ring (bicyclic) bond motifs is 2. The van der Waals surface area contributed by atoms with Gasteiger partial charge in [-0.05, 0) is 55.5 Å². The van der Waals surface area contributed by atoms with Crippen molar-refractivity contribution in [2.75, 3.05) is 6.54 Å². The minimum Gasteiger partial charge on any atom is -0.472 e. The van der Waals surface area contributed by atoms with Crippen LogP contribution in [0, 0.1) is 12.8 Å². The Morgan fingerprint density at radius 3 is 2.55 bits per heavy atom. The molecule has 1 aliphatic carbocycles. The molecule has 170 valence electrons. The summed E-state index contributed by atoms with van der Waals surface area (Å²) in [6.07, 6.45) is 0.758. The number of halogens is 3. The number of ether oxygens (including phenoxy) is 1. The molecule has 1 aliphatic heterocycles.